The number of carbonyl (C=O) groups excluding carboxylic acids is 1. The van der Waals surface area contributed by atoms with Gasteiger partial charge in [-0.15, -0.1) is 0 Å². The van der Waals surface area contributed by atoms with Crippen molar-refractivity contribution in [2.45, 2.75) is 30.8 Å². The Morgan fingerprint density at radius 3 is 2.50 bits per heavy atom. The van der Waals surface area contributed by atoms with Crippen molar-refractivity contribution in [1.82, 2.24) is 4.72 Å². The number of carbonyl (C=O) groups is 1. The van der Waals surface area contributed by atoms with Crippen LogP contribution in [0.1, 0.15) is 25.3 Å². The van der Waals surface area contributed by atoms with Crippen LogP contribution >= 0.6 is 0 Å². The SMILES string of the molecule is CCCOC(=O)CCNS(=O)(=O)c1ccccc1C(F)(F)F. The fourth-order valence-corrected chi connectivity index (χ4v) is 2.85. The van der Waals surface area contributed by atoms with E-state index in [4.69, 9.17) is 4.74 Å². The molecule has 9 heteroatoms. The van der Waals surface area contributed by atoms with Crippen LogP contribution in [0.3, 0.4) is 0 Å². The summed E-state index contributed by atoms with van der Waals surface area (Å²) in [5.41, 5.74) is -1.25. The molecule has 1 rings (SSSR count). The molecule has 5 nitrogen and oxygen atoms in total. The van der Waals surface area contributed by atoms with E-state index in [9.17, 15) is 26.4 Å². The Morgan fingerprint density at radius 2 is 1.91 bits per heavy atom. The maximum atomic E-state index is 12.8. The van der Waals surface area contributed by atoms with Crippen molar-refractivity contribution < 1.29 is 31.1 Å². The quantitative estimate of drug-likeness (QED) is 0.774. The highest BCUT2D eigenvalue weighted by atomic mass is 32.2. The van der Waals surface area contributed by atoms with Crippen molar-refractivity contribution in [3.8, 4) is 0 Å². The number of rotatable bonds is 7. The number of esters is 1. The number of benzene rings is 1. The molecule has 0 aliphatic rings. The van der Waals surface area contributed by atoms with Gasteiger partial charge >= 0.3 is 12.1 Å². The summed E-state index contributed by atoms with van der Waals surface area (Å²) >= 11 is 0. The average molecular weight is 339 g/mol. The number of alkyl halides is 3. The van der Waals surface area contributed by atoms with Gasteiger partial charge in [0, 0.05) is 6.54 Å². The van der Waals surface area contributed by atoms with Crippen molar-refractivity contribution in [3.05, 3.63) is 29.8 Å². The average Bonchev–Trinajstić information content (AvgIpc) is 2.44. The van der Waals surface area contributed by atoms with E-state index in [-0.39, 0.29) is 19.6 Å². The van der Waals surface area contributed by atoms with Gasteiger partial charge in [-0.05, 0) is 18.6 Å². The van der Waals surface area contributed by atoms with Gasteiger partial charge in [-0.25, -0.2) is 13.1 Å². The molecule has 0 amide bonds. The fourth-order valence-electron chi connectivity index (χ4n) is 1.59. The smallest absolute Gasteiger partial charge is 0.417 e. The van der Waals surface area contributed by atoms with Crippen molar-refractivity contribution in [2.75, 3.05) is 13.2 Å². The predicted octanol–water partition coefficient (Wildman–Crippen LogP) is 2.33. The minimum absolute atomic E-state index is 0.211. The van der Waals surface area contributed by atoms with E-state index < -0.39 is 32.6 Å². The Morgan fingerprint density at radius 1 is 1.27 bits per heavy atom. The molecular weight excluding hydrogens is 323 g/mol. The first-order valence-corrected chi connectivity index (χ1v) is 7.98. The Kier molecular flexibility index (Phi) is 6.36. The highest BCUT2D eigenvalue weighted by Gasteiger charge is 2.36. The summed E-state index contributed by atoms with van der Waals surface area (Å²) in [7, 11) is -4.37. The Balaban J connectivity index is 2.78. The van der Waals surface area contributed by atoms with E-state index in [1.807, 2.05) is 4.72 Å². The van der Waals surface area contributed by atoms with Gasteiger partial charge in [0.15, 0.2) is 0 Å². The van der Waals surface area contributed by atoms with Gasteiger partial charge in [0.1, 0.15) is 0 Å². The van der Waals surface area contributed by atoms with Crippen molar-refractivity contribution in [2.24, 2.45) is 0 Å². The molecule has 1 aromatic carbocycles. The first kappa shape index (κ1) is 18.4. The second-order valence-corrected chi connectivity index (χ2v) is 6.10. The highest BCUT2D eigenvalue weighted by Crippen LogP contribution is 2.33. The van der Waals surface area contributed by atoms with Crippen molar-refractivity contribution in [1.29, 1.82) is 0 Å². The molecular formula is C13H16F3NO4S. The lowest BCUT2D eigenvalue weighted by atomic mass is 10.2. The molecule has 0 radical (unpaired) electrons. The van der Waals surface area contributed by atoms with Crippen LogP contribution < -0.4 is 4.72 Å². The zero-order valence-corrected chi connectivity index (χ0v) is 12.6. The monoisotopic (exact) mass is 339 g/mol. The molecule has 0 saturated heterocycles. The Labute approximate surface area is 126 Å². The Bertz CT molecular complexity index is 614. The third kappa shape index (κ3) is 5.30. The largest absolute Gasteiger partial charge is 0.466 e. The van der Waals surface area contributed by atoms with Crippen LogP contribution in [-0.4, -0.2) is 27.5 Å². The van der Waals surface area contributed by atoms with E-state index in [2.05, 4.69) is 0 Å². The summed E-state index contributed by atoms with van der Waals surface area (Å²) in [5, 5.41) is 0. The van der Waals surface area contributed by atoms with Crippen molar-refractivity contribution >= 4 is 16.0 Å². The van der Waals surface area contributed by atoms with E-state index in [1.165, 1.54) is 6.07 Å². The number of hydrogen-bond donors (Lipinski definition) is 1. The summed E-state index contributed by atoms with van der Waals surface area (Å²) in [6.07, 6.45) is -4.42. The fraction of sp³-hybridized carbons (Fsp3) is 0.462. The Hall–Kier alpha value is -1.61. The third-order valence-electron chi connectivity index (χ3n) is 2.57. The van der Waals surface area contributed by atoms with Crippen LogP contribution in [0.4, 0.5) is 13.2 Å². The van der Waals surface area contributed by atoms with Gasteiger partial charge in [0.2, 0.25) is 10.0 Å². The maximum absolute atomic E-state index is 12.8. The molecule has 0 spiro atoms. The second kappa shape index (κ2) is 7.59. The summed E-state index contributed by atoms with van der Waals surface area (Å²) < 4.78 is 69.0. The molecule has 0 heterocycles. The number of sulfonamides is 1. The predicted molar refractivity (Wildman–Crippen MR) is 72.5 cm³/mol. The van der Waals surface area contributed by atoms with E-state index in [0.717, 1.165) is 12.1 Å². The van der Waals surface area contributed by atoms with Crippen LogP contribution in [0, 0.1) is 0 Å². The number of nitrogens with one attached hydrogen (secondary N) is 1. The standard InChI is InChI=1S/C13H16F3NO4S/c1-2-9-21-12(18)7-8-17-22(19,20)11-6-4-3-5-10(11)13(14,15)16/h3-6,17H,2,7-9H2,1H3. The summed E-state index contributed by atoms with van der Waals surface area (Å²) in [6.45, 7) is 1.67. The normalized spacial score (nSPS) is 12.2. The zero-order valence-electron chi connectivity index (χ0n) is 11.8. The summed E-state index contributed by atoms with van der Waals surface area (Å²) in [4.78, 5) is 10.3. The van der Waals surface area contributed by atoms with Gasteiger partial charge in [0.05, 0.1) is 23.5 Å². The molecule has 0 fully saturated rings. The van der Waals surface area contributed by atoms with Crippen LogP contribution in [0.2, 0.25) is 0 Å². The van der Waals surface area contributed by atoms with Crippen LogP contribution in [0.25, 0.3) is 0 Å². The van der Waals surface area contributed by atoms with Gasteiger partial charge < -0.3 is 4.74 Å². The van der Waals surface area contributed by atoms with Crippen molar-refractivity contribution in [3.63, 3.8) is 0 Å². The van der Waals surface area contributed by atoms with Gasteiger partial charge in [-0.1, -0.05) is 19.1 Å². The van der Waals surface area contributed by atoms with Gasteiger partial charge in [0.25, 0.3) is 0 Å². The molecule has 0 bridgehead atoms. The lowest BCUT2D eigenvalue weighted by Gasteiger charge is -2.13. The molecule has 1 aromatic rings. The van der Waals surface area contributed by atoms with Crippen LogP contribution in [0.15, 0.2) is 29.2 Å². The maximum Gasteiger partial charge on any atom is 0.417 e. The van der Waals surface area contributed by atoms with Gasteiger partial charge in [-0.2, -0.15) is 13.2 Å². The topological polar surface area (TPSA) is 72.5 Å². The second-order valence-electron chi connectivity index (χ2n) is 4.36. The third-order valence-corrected chi connectivity index (χ3v) is 4.09. The molecule has 0 unspecified atom stereocenters. The minimum atomic E-state index is -4.79. The van der Waals surface area contributed by atoms with E-state index >= 15 is 0 Å². The van der Waals surface area contributed by atoms with Gasteiger partial charge in [-0.3, -0.25) is 4.79 Å². The van der Waals surface area contributed by atoms with E-state index in [1.54, 1.807) is 6.92 Å². The zero-order chi connectivity index (χ0) is 16.8. The molecule has 22 heavy (non-hydrogen) atoms. The molecule has 124 valence electrons. The number of ether oxygens (including phenoxy) is 1. The number of hydrogen-bond acceptors (Lipinski definition) is 4. The molecule has 0 aromatic heterocycles. The lowest BCUT2D eigenvalue weighted by Crippen LogP contribution is -2.28. The first-order chi connectivity index (χ1) is 10.2. The number of halogens is 3. The molecule has 0 aliphatic heterocycles. The first-order valence-electron chi connectivity index (χ1n) is 6.50. The molecule has 1 N–H and O–H groups in total. The minimum Gasteiger partial charge on any atom is -0.466 e. The van der Waals surface area contributed by atoms with Crippen LogP contribution in [-0.2, 0) is 25.7 Å². The summed E-state index contributed by atoms with van der Waals surface area (Å²) in [5.74, 6) is -0.617. The summed E-state index contributed by atoms with van der Waals surface area (Å²) in [6, 6.07) is 3.84. The lowest BCUT2D eigenvalue weighted by molar-refractivity contribution is -0.143. The molecule has 0 saturated carbocycles. The molecule has 0 atom stereocenters. The molecule has 0 aliphatic carbocycles. The van der Waals surface area contributed by atoms with Crippen LogP contribution in [0.5, 0.6) is 0 Å². The van der Waals surface area contributed by atoms with E-state index in [0.29, 0.717) is 12.5 Å². The highest BCUT2D eigenvalue weighted by molar-refractivity contribution is 7.89.